The molecule has 1 aromatic rings. The van der Waals surface area contributed by atoms with Gasteiger partial charge in [-0.2, -0.15) is 0 Å². The molecule has 0 saturated heterocycles. The predicted molar refractivity (Wildman–Crippen MR) is 69.5 cm³/mol. The Morgan fingerprint density at radius 3 is 2.53 bits per heavy atom. The van der Waals surface area contributed by atoms with Crippen molar-refractivity contribution in [3.8, 4) is 0 Å². The number of allylic oxidation sites excluding steroid dienone is 1. The summed E-state index contributed by atoms with van der Waals surface area (Å²) in [5.74, 6) is 2.34. The van der Waals surface area contributed by atoms with Crippen molar-refractivity contribution >= 4 is 15.0 Å². The Bertz CT molecular complexity index is 291. The van der Waals surface area contributed by atoms with Crippen molar-refractivity contribution < 1.29 is 0 Å². The van der Waals surface area contributed by atoms with Crippen molar-refractivity contribution in [2.45, 2.75) is 36.3 Å². The maximum atomic E-state index is 3.78. The minimum absolute atomic E-state index is 0.400. The van der Waals surface area contributed by atoms with Crippen molar-refractivity contribution in [2.24, 2.45) is 0 Å². The molecule has 0 bridgehead atoms. The topological polar surface area (TPSA) is 0 Å². The summed E-state index contributed by atoms with van der Waals surface area (Å²) in [6.45, 7) is 6.18. The Hall–Kier alpha value is -0.521. The molecule has 0 saturated carbocycles. The molecule has 0 nitrogen and oxygen atoms in total. The van der Waals surface area contributed by atoms with E-state index in [0.29, 0.717) is 19.3 Å². The summed E-state index contributed by atoms with van der Waals surface area (Å²) in [6, 6.07) is 10.9. The third-order valence-corrected chi connectivity index (χ3v) is 5.71. The molecule has 0 aliphatic rings. The first-order valence-electron chi connectivity index (χ1n) is 5.44. The van der Waals surface area contributed by atoms with Crippen molar-refractivity contribution in [3.05, 3.63) is 48.6 Å². The van der Waals surface area contributed by atoms with Crippen molar-refractivity contribution in [1.82, 2.24) is 0 Å². The standard InChI is InChI=1S/C14H20Se/c1-4-5-9-12-14(2,15-3)13-10-7-6-8-11-13/h4,6-8,10-11H,1,5,9,12H2,2-3H3/t14-/m1/s1. The van der Waals surface area contributed by atoms with E-state index < -0.39 is 0 Å². The van der Waals surface area contributed by atoms with E-state index in [9.17, 15) is 0 Å². The number of hydrogen-bond donors (Lipinski definition) is 0. The quantitative estimate of drug-likeness (QED) is 0.415. The zero-order valence-corrected chi connectivity index (χ0v) is 11.4. The van der Waals surface area contributed by atoms with E-state index in [1.807, 2.05) is 6.08 Å². The van der Waals surface area contributed by atoms with E-state index in [0.717, 1.165) is 6.42 Å². The molecule has 0 fully saturated rings. The van der Waals surface area contributed by atoms with Crippen LogP contribution in [0.3, 0.4) is 0 Å². The Balaban J connectivity index is 2.71. The second-order valence-corrected chi connectivity index (χ2v) is 6.73. The molecular formula is C14H20Se. The van der Waals surface area contributed by atoms with Gasteiger partial charge >= 0.3 is 99.8 Å². The van der Waals surface area contributed by atoms with Crippen LogP contribution in [0.25, 0.3) is 0 Å². The van der Waals surface area contributed by atoms with Crippen LogP contribution in [-0.4, -0.2) is 15.0 Å². The van der Waals surface area contributed by atoms with E-state index in [4.69, 9.17) is 0 Å². The van der Waals surface area contributed by atoms with Gasteiger partial charge in [0.2, 0.25) is 0 Å². The number of unbranched alkanes of at least 4 members (excludes halogenated alkanes) is 1. The first-order valence-corrected chi connectivity index (χ1v) is 8.01. The van der Waals surface area contributed by atoms with E-state index in [1.165, 1.54) is 18.4 Å². The summed E-state index contributed by atoms with van der Waals surface area (Å²) < 4.78 is 0.400. The molecule has 1 aromatic carbocycles. The summed E-state index contributed by atoms with van der Waals surface area (Å²) in [5, 5.41) is 0. The molecule has 0 unspecified atom stereocenters. The molecule has 0 radical (unpaired) electrons. The molecule has 0 amide bonds. The molecule has 0 aromatic heterocycles. The van der Waals surface area contributed by atoms with Crippen molar-refractivity contribution in [3.63, 3.8) is 0 Å². The van der Waals surface area contributed by atoms with Crippen LogP contribution in [0.2, 0.25) is 5.82 Å². The summed E-state index contributed by atoms with van der Waals surface area (Å²) in [4.78, 5) is 0. The predicted octanol–water partition coefficient (Wildman–Crippen LogP) is 4.01. The average Bonchev–Trinajstić information content (AvgIpc) is 2.30. The van der Waals surface area contributed by atoms with Gasteiger partial charge in [0, 0.05) is 0 Å². The van der Waals surface area contributed by atoms with Crippen molar-refractivity contribution in [2.75, 3.05) is 0 Å². The molecule has 15 heavy (non-hydrogen) atoms. The van der Waals surface area contributed by atoms with Crippen LogP contribution >= 0.6 is 0 Å². The fraction of sp³-hybridized carbons (Fsp3) is 0.429. The van der Waals surface area contributed by atoms with Gasteiger partial charge in [0.25, 0.3) is 0 Å². The molecule has 1 rings (SSSR count). The van der Waals surface area contributed by atoms with Gasteiger partial charge in [0.15, 0.2) is 0 Å². The van der Waals surface area contributed by atoms with Gasteiger partial charge in [0.1, 0.15) is 0 Å². The van der Waals surface area contributed by atoms with E-state index in [2.05, 4.69) is 49.7 Å². The van der Waals surface area contributed by atoms with Gasteiger partial charge < -0.3 is 0 Å². The van der Waals surface area contributed by atoms with Gasteiger partial charge in [-0.15, -0.1) is 0 Å². The van der Waals surface area contributed by atoms with E-state index >= 15 is 0 Å². The second kappa shape index (κ2) is 6.15. The number of benzene rings is 1. The maximum absolute atomic E-state index is 3.78. The van der Waals surface area contributed by atoms with Gasteiger partial charge in [-0.3, -0.25) is 0 Å². The fourth-order valence-electron chi connectivity index (χ4n) is 1.74. The normalized spacial score (nSPS) is 14.5. The van der Waals surface area contributed by atoms with Crippen LogP contribution in [0, 0.1) is 0 Å². The molecule has 0 N–H and O–H groups in total. The number of hydrogen-bond acceptors (Lipinski definition) is 0. The first kappa shape index (κ1) is 12.5. The third kappa shape index (κ3) is 3.52. The molecule has 0 spiro atoms. The average molecular weight is 267 g/mol. The first-order chi connectivity index (χ1) is 7.23. The zero-order chi connectivity index (χ0) is 11.1. The summed E-state index contributed by atoms with van der Waals surface area (Å²) in [6.07, 6.45) is 5.69. The molecule has 1 atom stereocenters. The third-order valence-electron chi connectivity index (χ3n) is 2.90. The van der Waals surface area contributed by atoms with Gasteiger partial charge in [-0.05, 0) is 0 Å². The number of rotatable bonds is 6. The van der Waals surface area contributed by atoms with Gasteiger partial charge in [-0.1, -0.05) is 0 Å². The molecule has 0 heterocycles. The van der Waals surface area contributed by atoms with Crippen molar-refractivity contribution in [1.29, 1.82) is 0 Å². The molecule has 0 aliphatic carbocycles. The van der Waals surface area contributed by atoms with E-state index in [1.54, 1.807) is 0 Å². The summed E-state index contributed by atoms with van der Waals surface area (Å²) in [7, 11) is 0. The fourth-order valence-corrected chi connectivity index (χ4v) is 3.25. The van der Waals surface area contributed by atoms with Crippen LogP contribution in [0.4, 0.5) is 0 Å². The zero-order valence-electron chi connectivity index (χ0n) is 9.70. The minimum atomic E-state index is 0.400. The molecule has 82 valence electrons. The Morgan fingerprint density at radius 2 is 2.00 bits per heavy atom. The summed E-state index contributed by atoms with van der Waals surface area (Å²) >= 11 is 0.648. The van der Waals surface area contributed by atoms with E-state index in [-0.39, 0.29) is 0 Å². The molecule has 1 heteroatoms. The van der Waals surface area contributed by atoms with Crippen LogP contribution in [0.15, 0.2) is 43.0 Å². The Labute approximate surface area is 99.9 Å². The van der Waals surface area contributed by atoms with Crippen LogP contribution < -0.4 is 0 Å². The SMILES string of the molecule is C=CCCC[C@@](C)([Se]C)c1ccccc1. The summed E-state index contributed by atoms with van der Waals surface area (Å²) in [5.41, 5.74) is 1.50. The van der Waals surface area contributed by atoms with Crippen LogP contribution in [-0.2, 0) is 4.31 Å². The van der Waals surface area contributed by atoms with Gasteiger partial charge in [-0.25, -0.2) is 0 Å². The van der Waals surface area contributed by atoms with Gasteiger partial charge in [0.05, 0.1) is 0 Å². The molecule has 0 aliphatic heterocycles. The second-order valence-electron chi connectivity index (χ2n) is 3.98. The monoisotopic (exact) mass is 268 g/mol. The van der Waals surface area contributed by atoms with Crippen LogP contribution in [0.5, 0.6) is 0 Å². The van der Waals surface area contributed by atoms with Crippen LogP contribution in [0.1, 0.15) is 31.7 Å². The Kier molecular flexibility index (Phi) is 5.14. The molecular weight excluding hydrogens is 247 g/mol. The Morgan fingerprint density at radius 1 is 1.33 bits per heavy atom.